The van der Waals surface area contributed by atoms with Gasteiger partial charge in [-0.2, -0.15) is 0 Å². The van der Waals surface area contributed by atoms with E-state index in [2.05, 4.69) is 35.8 Å². The topological polar surface area (TPSA) is 38.0 Å². The Hall–Kier alpha value is -0.860. The minimum absolute atomic E-state index is 0.556. The van der Waals surface area contributed by atoms with E-state index < -0.39 is 0 Å². The summed E-state index contributed by atoms with van der Waals surface area (Å²) in [6.45, 7) is 0. The molecule has 0 amide bonds. The molecule has 3 aliphatic rings. The van der Waals surface area contributed by atoms with Gasteiger partial charge in [0, 0.05) is 6.04 Å². The van der Waals surface area contributed by atoms with Gasteiger partial charge in [0.2, 0.25) is 0 Å². The molecule has 2 nitrogen and oxygen atoms in total. The van der Waals surface area contributed by atoms with Gasteiger partial charge in [-0.1, -0.05) is 36.8 Å². The molecule has 6 unspecified atom stereocenters. The van der Waals surface area contributed by atoms with E-state index in [4.69, 9.17) is 5.84 Å². The van der Waals surface area contributed by atoms with Crippen molar-refractivity contribution in [1.29, 1.82) is 0 Å². The highest BCUT2D eigenvalue weighted by Gasteiger charge is 2.51. The molecule has 0 saturated heterocycles. The van der Waals surface area contributed by atoms with E-state index in [-0.39, 0.29) is 0 Å². The second kappa shape index (κ2) is 4.60. The number of nitrogens with one attached hydrogen (secondary N) is 1. The van der Waals surface area contributed by atoms with Crippen molar-refractivity contribution in [2.75, 3.05) is 0 Å². The van der Waals surface area contributed by atoms with Crippen LogP contribution in [-0.4, -0.2) is 6.04 Å². The molecule has 4 rings (SSSR count). The predicted octanol–water partition coefficient (Wildman–Crippen LogP) is 3.06. The summed E-state index contributed by atoms with van der Waals surface area (Å²) in [5.74, 6) is 10.3. The third kappa shape index (κ3) is 2.02. The minimum atomic E-state index is 0.556. The highest BCUT2D eigenvalue weighted by Crippen LogP contribution is 2.57. The quantitative estimate of drug-likeness (QED) is 0.642. The molecular weight excluding hydrogens is 232 g/mol. The molecule has 0 heterocycles. The van der Waals surface area contributed by atoms with Gasteiger partial charge in [0.1, 0.15) is 0 Å². The highest BCUT2D eigenvalue weighted by molar-refractivity contribution is 5.27. The summed E-state index contributed by atoms with van der Waals surface area (Å²) in [4.78, 5) is 0. The third-order valence-electron chi connectivity index (χ3n) is 5.98. The van der Waals surface area contributed by atoms with E-state index in [1.54, 1.807) is 0 Å². The number of nitrogens with two attached hydrogens (primary N) is 1. The zero-order valence-electron chi connectivity index (χ0n) is 11.5. The summed E-state index contributed by atoms with van der Waals surface area (Å²) < 4.78 is 0. The van der Waals surface area contributed by atoms with E-state index in [1.165, 1.54) is 37.7 Å². The Balaban J connectivity index is 1.47. The Morgan fingerprint density at radius 3 is 2.47 bits per heavy atom. The van der Waals surface area contributed by atoms with Gasteiger partial charge < -0.3 is 0 Å². The Labute approximate surface area is 115 Å². The van der Waals surface area contributed by atoms with E-state index >= 15 is 0 Å². The molecule has 2 heteroatoms. The molecule has 0 aromatic heterocycles. The number of rotatable bonds is 4. The molecule has 19 heavy (non-hydrogen) atoms. The zero-order chi connectivity index (χ0) is 12.8. The lowest BCUT2D eigenvalue weighted by Crippen LogP contribution is -2.44. The molecule has 3 saturated carbocycles. The van der Waals surface area contributed by atoms with Crippen LogP contribution in [0.4, 0.5) is 0 Å². The number of hydrogen-bond acceptors (Lipinski definition) is 2. The summed E-state index contributed by atoms with van der Waals surface area (Å²) in [5.41, 5.74) is 4.70. The van der Waals surface area contributed by atoms with Gasteiger partial charge in [-0.25, -0.2) is 0 Å². The van der Waals surface area contributed by atoms with Crippen LogP contribution in [0.5, 0.6) is 0 Å². The monoisotopic (exact) mass is 256 g/mol. The van der Waals surface area contributed by atoms with Gasteiger partial charge in [0.25, 0.3) is 0 Å². The van der Waals surface area contributed by atoms with Crippen LogP contribution in [0.15, 0.2) is 30.3 Å². The molecule has 0 spiro atoms. The van der Waals surface area contributed by atoms with Crippen LogP contribution in [0.1, 0.15) is 43.6 Å². The SMILES string of the molecule is NNC(C1CC2CCC1C2)C1CC1c1ccccc1. The number of hydrogen-bond donors (Lipinski definition) is 2. The highest BCUT2D eigenvalue weighted by atomic mass is 15.2. The van der Waals surface area contributed by atoms with Crippen molar-refractivity contribution in [2.45, 2.75) is 44.1 Å². The molecule has 1 aromatic carbocycles. The van der Waals surface area contributed by atoms with Crippen molar-refractivity contribution < 1.29 is 0 Å². The molecule has 3 aliphatic carbocycles. The average molecular weight is 256 g/mol. The van der Waals surface area contributed by atoms with Gasteiger partial charge in [0.15, 0.2) is 0 Å². The van der Waals surface area contributed by atoms with Crippen LogP contribution < -0.4 is 11.3 Å². The minimum Gasteiger partial charge on any atom is -0.271 e. The van der Waals surface area contributed by atoms with E-state index in [0.717, 1.165) is 29.6 Å². The van der Waals surface area contributed by atoms with Crippen LogP contribution in [0.25, 0.3) is 0 Å². The Morgan fingerprint density at radius 1 is 1.00 bits per heavy atom. The number of benzene rings is 1. The lowest BCUT2D eigenvalue weighted by Gasteiger charge is -2.30. The first-order valence-corrected chi connectivity index (χ1v) is 7.88. The van der Waals surface area contributed by atoms with Crippen LogP contribution in [0.3, 0.4) is 0 Å². The number of fused-ring (bicyclic) bond motifs is 2. The van der Waals surface area contributed by atoms with E-state index in [0.29, 0.717) is 6.04 Å². The van der Waals surface area contributed by atoms with Crippen LogP contribution in [-0.2, 0) is 0 Å². The van der Waals surface area contributed by atoms with Gasteiger partial charge in [-0.05, 0) is 60.8 Å². The zero-order valence-corrected chi connectivity index (χ0v) is 11.5. The summed E-state index contributed by atoms with van der Waals surface area (Å²) in [6, 6.07) is 11.5. The van der Waals surface area contributed by atoms with Gasteiger partial charge in [-0.3, -0.25) is 11.3 Å². The maximum Gasteiger partial charge on any atom is 0.0275 e. The fourth-order valence-electron chi connectivity index (χ4n) is 4.99. The molecule has 2 bridgehead atoms. The van der Waals surface area contributed by atoms with Gasteiger partial charge in [0.05, 0.1) is 0 Å². The normalized spacial score (nSPS) is 41.4. The second-order valence-corrected chi connectivity index (χ2v) is 6.95. The lowest BCUT2D eigenvalue weighted by molar-refractivity contribution is 0.228. The molecular formula is C17H24N2. The van der Waals surface area contributed by atoms with Crippen LogP contribution >= 0.6 is 0 Å². The molecule has 102 valence electrons. The van der Waals surface area contributed by atoms with Crippen LogP contribution in [0, 0.1) is 23.7 Å². The van der Waals surface area contributed by atoms with Crippen molar-refractivity contribution in [3.63, 3.8) is 0 Å². The summed E-state index contributed by atoms with van der Waals surface area (Å²) in [7, 11) is 0. The van der Waals surface area contributed by atoms with Gasteiger partial charge in [-0.15, -0.1) is 0 Å². The van der Waals surface area contributed by atoms with Crippen molar-refractivity contribution in [2.24, 2.45) is 29.5 Å². The summed E-state index contributed by atoms with van der Waals surface area (Å²) in [6.07, 6.45) is 7.16. The number of hydrazine groups is 1. The molecule has 0 radical (unpaired) electrons. The largest absolute Gasteiger partial charge is 0.271 e. The Bertz CT molecular complexity index is 444. The Morgan fingerprint density at radius 2 is 1.84 bits per heavy atom. The van der Waals surface area contributed by atoms with Gasteiger partial charge >= 0.3 is 0 Å². The van der Waals surface area contributed by atoms with E-state index in [1.807, 2.05) is 0 Å². The third-order valence-corrected chi connectivity index (χ3v) is 5.98. The van der Waals surface area contributed by atoms with Crippen molar-refractivity contribution >= 4 is 0 Å². The fourth-order valence-corrected chi connectivity index (χ4v) is 4.99. The Kier molecular flexibility index (Phi) is 2.89. The molecule has 1 aromatic rings. The standard InChI is InChI=1S/C17H24N2/c18-19-17(15-9-11-6-7-13(15)8-11)16-10-14(16)12-4-2-1-3-5-12/h1-5,11,13-17,19H,6-10,18H2. The predicted molar refractivity (Wildman–Crippen MR) is 77.3 cm³/mol. The summed E-state index contributed by atoms with van der Waals surface area (Å²) in [5, 5.41) is 0. The maximum absolute atomic E-state index is 5.92. The van der Waals surface area contributed by atoms with Crippen molar-refractivity contribution in [3.8, 4) is 0 Å². The molecule has 3 N–H and O–H groups in total. The van der Waals surface area contributed by atoms with E-state index in [9.17, 15) is 0 Å². The first-order valence-electron chi connectivity index (χ1n) is 7.88. The smallest absolute Gasteiger partial charge is 0.0275 e. The molecule has 6 atom stereocenters. The van der Waals surface area contributed by atoms with Crippen molar-refractivity contribution in [1.82, 2.24) is 5.43 Å². The lowest BCUT2D eigenvalue weighted by atomic mass is 9.81. The van der Waals surface area contributed by atoms with Crippen LogP contribution in [0.2, 0.25) is 0 Å². The maximum atomic E-state index is 5.92. The second-order valence-electron chi connectivity index (χ2n) is 6.95. The first kappa shape index (κ1) is 11.9. The fraction of sp³-hybridized carbons (Fsp3) is 0.647. The molecule has 3 fully saturated rings. The summed E-state index contributed by atoms with van der Waals surface area (Å²) >= 11 is 0. The molecule has 0 aliphatic heterocycles. The average Bonchev–Trinajstić information content (AvgIpc) is 2.94. The van der Waals surface area contributed by atoms with Crippen molar-refractivity contribution in [3.05, 3.63) is 35.9 Å². The first-order chi connectivity index (χ1) is 9.36.